The molecular weight excluding hydrogens is 375 g/mol. The van der Waals surface area contributed by atoms with Crippen molar-refractivity contribution in [3.8, 4) is 6.07 Å². The van der Waals surface area contributed by atoms with Gasteiger partial charge in [0.05, 0.1) is 34.7 Å². The van der Waals surface area contributed by atoms with E-state index in [0.717, 1.165) is 0 Å². The van der Waals surface area contributed by atoms with Gasteiger partial charge in [0.1, 0.15) is 12.4 Å². The van der Waals surface area contributed by atoms with Crippen LogP contribution in [0.3, 0.4) is 0 Å². The smallest absolute Gasteiger partial charge is 0.414 e. The number of cyclic esters (lactones) is 1. The molecule has 0 spiro atoms. The number of amides is 2. The SMILES string of the molecule is C[C@H]1COC(=O)N1c1cc2cc(NC(=O)[C@@H]3CC3C#N)ncc2c(Cl)c1F. The maximum absolute atomic E-state index is 14.7. The standard InChI is InChI=1S/C18H14ClFN4O3/c1-8-7-27-18(26)24(8)13-3-9-4-14(22-6-12(9)15(19)16(13)20)23-17(25)11-2-10(11)5-21/h3-4,6,8,10-11H,2,7H2,1H3,(H,22,23,25)/t8-,10?,11+/m0/s1. The minimum absolute atomic E-state index is 0.0118. The van der Waals surface area contributed by atoms with Crippen molar-refractivity contribution < 1.29 is 18.7 Å². The van der Waals surface area contributed by atoms with Gasteiger partial charge in [0.15, 0.2) is 5.82 Å². The van der Waals surface area contributed by atoms with Gasteiger partial charge in [0.25, 0.3) is 0 Å². The molecule has 9 heteroatoms. The Balaban J connectivity index is 1.70. The van der Waals surface area contributed by atoms with Crippen LogP contribution in [-0.2, 0) is 9.53 Å². The highest BCUT2D eigenvalue weighted by molar-refractivity contribution is 6.36. The summed E-state index contributed by atoms with van der Waals surface area (Å²) >= 11 is 6.14. The van der Waals surface area contributed by atoms with E-state index in [0.29, 0.717) is 17.2 Å². The molecule has 2 amide bonds. The fourth-order valence-corrected chi connectivity index (χ4v) is 3.41. The van der Waals surface area contributed by atoms with E-state index in [1.165, 1.54) is 17.2 Å². The summed E-state index contributed by atoms with van der Waals surface area (Å²) in [5, 5.41) is 12.2. The molecule has 3 atom stereocenters. The van der Waals surface area contributed by atoms with Crippen molar-refractivity contribution in [3.05, 3.63) is 29.2 Å². The quantitative estimate of drug-likeness (QED) is 0.868. The van der Waals surface area contributed by atoms with E-state index in [9.17, 15) is 14.0 Å². The minimum atomic E-state index is -0.733. The average Bonchev–Trinajstić information content (AvgIpc) is 3.37. The van der Waals surface area contributed by atoms with Crippen molar-refractivity contribution in [2.75, 3.05) is 16.8 Å². The van der Waals surface area contributed by atoms with E-state index in [4.69, 9.17) is 21.6 Å². The monoisotopic (exact) mass is 388 g/mol. The molecule has 2 aliphatic rings. The molecule has 2 aromatic rings. The highest BCUT2D eigenvalue weighted by Gasteiger charge is 2.43. The number of rotatable bonds is 3. The van der Waals surface area contributed by atoms with Gasteiger partial charge in [-0.05, 0) is 30.9 Å². The zero-order chi connectivity index (χ0) is 19.3. The van der Waals surface area contributed by atoms with Crippen LogP contribution in [0, 0.1) is 29.0 Å². The van der Waals surface area contributed by atoms with E-state index < -0.39 is 11.9 Å². The van der Waals surface area contributed by atoms with Crippen molar-refractivity contribution in [1.29, 1.82) is 5.26 Å². The number of nitriles is 1. The van der Waals surface area contributed by atoms with Crippen LogP contribution in [-0.4, -0.2) is 29.6 Å². The lowest BCUT2D eigenvalue weighted by Crippen LogP contribution is -2.31. The van der Waals surface area contributed by atoms with Gasteiger partial charge in [0.2, 0.25) is 5.91 Å². The molecule has 1 saturated heterocycles. The summed E-state index contributed by atoms with van der Waals surface area (Å²) in [6, 6.07) is 4.75. The fourth-order valence-electron chi connectivity index (χ4n) is 3.16. The molecule has 1 aromatic carbocycles. The molecular formula is C18H14ClFN4O3. The number of carbonyl (C=O) groups excluding carboxylic acids is 2. The highest BCUT2D eigenvalue weighted by atomic mass is 35.5. The van der Waals surface area contributed by atoms with Crippen LogP contribution in [0.15, 0.2) is 18.3 Å². The predicted octanol–water partition coefficient (Wildman–Crippen LogP) is 3.47. The lowest BCUT2D eigenvalue weighted by Gasteiger charge is -2.20. The Morgan fingerprint density at radius 2 is 2.30 bits per heavy atom. The Morgan fingerprint density at radius 1 is 1.52 bits per heavy atom. The second-order valence-corrected chi connectivity index (χ2v) is 7.06. The van der Waals surface area contributed by atoms with Crippen LogP contribution in [0.4, 0.5) is 20.7 Å². The summed E-state index contributed by atoms with van der Waals surface area (Å²) in [5.41, 5.74) is 0.0118. The van der Waals surface area contributed by atoms with Crippen LogP contribution < -0.4 is 10.2 Å². The normalized spacial score (nSPS) is 23.9. The Morgan fingerprint density at radius 3 is 2.93 bits per heavy atom. The summed E-state index contributed by atoms with van der Waals surface area (Å²) in [7, 11) is 0. The number of carbonyl (C=O) groups is 2. The van der Waals surface area contributed by atoms with Crippen LogP contribution in [0.5, 0.6) is 0 Å². The van der Waals surface area contributed by atoms with Gasteiger partial charge in [-0.2, -0.15) is 5.26 Å². The van der Waals surface area contributed by atoms with Gasteiger partial charge in [-0.3, -0.25) is 9.69 Å². The summed E-state index contributed by atoms with van der Waals surface area (Å²) in [4.78, 5) is 29.3. The molecule has 138 valence electrons. The summed E-state index contributed by atoms with van der Waals surface area (Å²) in [6.07, 6.45) is 1.25. The molecule has 1 aromatic heterocycles. The first-order valence-electron chi connectivity index (χ1n) is 8.35. The molecule has 7 nitrogen and oxygen atoms in total. The number of pyridine rings is 1. The lowest BCUT2D eigenvalue weighted by molar-refractivity contribution is -0.117. The van der Waals surface area contributed by atoms with Crippen LogP contribution in [0.1, 0.15) is 13.3 Å². The molecule has 1 saturated carbocycles. The number of hydrogen-bond donors (Lipinski definition) is 1. The topological polar surface area (TPSA) is 95.3 Å². The van der Waals surface area contributed by atoms with Crippen LogP contribution in [0.2, 0.25) is 5.02 Å². The highest BCUT2D eigenvalue weighted by Crippen LogP contribution is 2.39. The second-order valence-electron chi connectivity index (χ2n) is 6.68. The number of nitrogens with one attached hydrogen (secondary N) is 1. The van der Waals surface area contributed by atoms with Crippen molar-refractivity contribution >= 4 is 45.9 Å². The number of halogens is 2. The number of anilines is 2. The molecule has 1 aliphatic carbocycles. The van der Waals surface area contributed by atoms with Gasteiger partial charge in [0, 0.05) is 11.6 Å². The second kappa shape index (κ2) is 6.35. The molecule has 4 rings (SSSR count). The molecule has 2 heterocycles. The first-order valence-corrected chi connectivity index (χ1v) is 8.72. The number of fused-ring (bicyclic) bond motifs is 1. The number of aromatic nitrogens is 1. The Kier molecular flexibility index (Phi) is 4.12. The van der Waals surface area contributed by atoms with E-state index in [2.05, 4.69) is 16.4 Å². The van der Waals surface area contributed by atoms with Gasteiger partial charge in [-0.15, -0.1) is 0 Å². The number of nitrogens with zero attached hydrogens (tertiary/aromatic N) is 3. The number of benzene rings is 1. The van der Waals surface area contributed by atoms with E-state index >= 15 is 0 Å². The fraction of sp³-hybridized carbons (Fsp3) is 0.333. The molecule has 0 bridgehead atoms. The van der Waals surface area contributed by atoms with Crippen molar-refractivity contribution in [2.45, 2.75) is 19.4 Å². The largest absolute Gasteiger partial charge is 0.447 e. The zero-order valence-electron chi connectivity index (χ0n) is 14.2. The first kappa shape index (κ1) is 17.5. The van der Waals surface area contributed by atoms with E-state index in [-0.39, 0.29) is 46.9 Å². The molecule has 1 aliphatic heterocycles. The van der Waals surface area contributed by atoms with Crippen molar-refractivity contribution in [2.24, 2.45) is 11.8 Å². The van der Waals surface area contributed by atoms with Crippen molar-refractivity contribution in [3.63, 3.8) is 0 Å². The molecule has 27 heavy (non-hydrogen) atoms. The third-order valence-corrected chi connectivity index (χ3v) is 5.14. The van der Waals surface area contributed by atoms with Crippen molar-refractivity contribution in [1.82, 2.24) is 4.98 Å². The van der Waals surface area contributed by atoms with E-state index in [1.807, 2.05) is 0 Å². The lowest BCUT2D eigenvalue weighted by atomic mass is 10.1. The van der Waals surface area contributed by atoms with Gasteiger partial charge in [-0.25, -0.2) is 14.2 Å². The third kappa shape index (κ3) is 2.94. The minimum Gasteiger partial charge on any atom is -0.447 e. The first-order chi connectivity index (χ1) is 12.9. The maximum atomic E-state index is 14.7. The molecule has 0 radical (unpaired) electrons. The van der Waals surface area contributed by atoms with Crippen LogP contribution >= 0.6 is 11.6 Å². The molecule has 2 fully saturated rings. The Hall–Kier alpha value is -2.92. The molecule has 1 N–H and O–H groups in total. The molecule has 1 unspecified atom stereocenters. The van der Waals surface area contributed by atoms with Gasteiger partial charge >= 0.3 is 6.09 Å². The number of hydrogen-bond acceptors (Lipinski definition) is 5. The van der Waals surface area contributed by atoms with Gasteiger partial charge < -0.3 is 10.1 Å². The maximum Gasteiger partial charge on any atom is 0.414 e. The summed E-state index contributed by atoms with van der Waals surface area (Å²) in [5.74, 6) is -1.34. The summed E-state index contributed by atoms with van der Waals surface area (Å²) in [6.45, 7) is 1.90. The van der Waals surface area contributed by atoms with Crippen LogP contribution in [0.25, 0.3) is 10.8 Å². The third-order valence-electron chi connectivity index (χ3n) is 4.77. The van der Waals surface area contributed by atoms with E-state index in [1.54, 1.807) is 13.0 Å². The predicted molar refractivity (Wildman–Crippen MR) is 95.8 cm³/mol. The Labute approximate surface area is 158 Å². The zero-order valence-corrected chi connectivity index (χ0v) is 15.0. The van der Waals surface area contributed by atoms with Gasteiger partial charge in [-0.1, -0.05) is 11.6 Å². The Bertz CT molecular complexity index is 1020. The summed E-state index contributed by atoms with van der Waals surface area (Å²) < 4.78 is 19.7. The number of ether oxygens (including phenoxy) is 1. The average molecular weight is 389 g/mol.